The first kappa shape index (κ1) is 12.5. The lowest BCUT2D eigenvalue weighted by molar-refractivity contribution is -0.00805. The van der Waals surface area contributed by atoms with Gasteiger partial charge in [0.15, 0.2) is 0 Å². The van der Waals surface area contributed by atoms with Crippen molar-refractivity contribution in [2.75, 3.05) is 12.5 Å². The van der Waals surface area contributed by atoms with Gasteiger partial charge in [0, 0.05) is 18.5 Å². The molecule has 1 aromatic heterocycles. The van der Waals surface area contributed by atoms with Crippen molar-refractivity contribution in [3.8, 4) is 0 Å². The highest BCUT2D eigenvalue weighted by atomic mass is 35.5. The Labute approximate surface area is 95.6 Å². The SMILES string of the molecule is CC(C)(C)OCCn1cc(CCCl)nn1. The highest BCUT2D eigenvalue weighted by Gasteiger charge is 2.09. The monoisotopic (exact) mass is 231 g/mol. The molecule has 1 heterocycles. The highest BCUT2D eigenvalue weighted by molar-refractivity contribution is 6.17. The average molecular weight is 232 g/mol. The zero-order valence-corrected chi connectivity index (χ0v) is 10.3. The Morgan fingerprint density at radius 1 is 1.47 bits per heavy atom. The van der Waals surface area contributed by atoms with E-state index in [1.807, 2.05) is 27.0 Å². The summed E-state index contributed by atoms with van der Waals surface area (Å²) in [5.74, 6) is 0.581. The smallest absolute Gasteiger partial charge is 0.0839 e. The highest BCUT2D eigenvalue weighted by Crippen LogP contribution is 2.06. The molecule has 86 valence electrons. The van der Waals surface area contributed by atoms with Gasteiger partial charge < -0.3 is 4.74 Å². The molecule has 0 aliphatic carbocycles. The molecular weight excluding hydrogens is 214 g/mol. The average Bonchev–Trinajstić information content (AvgIpc) is 2.51. The van der Waals surface area contributed by atoms with Crippen LogP contribution in [-0.2, 0) is 17.7 Å². The summed E-state index contributed by atoms with van der Waals surface area (Å²) in [6, 6.07) is 0. The van der Waals surface area contributed by atoms with Gasteiger partial charge in [-0.1, -0.05) is 5.21 Å². The molecule has 0 radical (unpaired) electrons. The van der Waals surface area contributed by atoms with Crippen LogP contribution in [0.4, 0.5) is 0 Å². The lowest BCUT2D eigenvalue weighted by Crippen LogP contribution is -2.22. The van der Waals surface area contributed by atoms with Gasteiger partial charge in [-0.05, 0) is 20.8 Å². The summed E-state index contributed by atoms with van der Waals surface area (Å²) in [5.41, 5.74) is 0.834. The molecule has 1 rings (SSSR count). The van der Waals surface area contributed by atoms with E-state index in [2.05, 4.69) is 10.3 Å². The van der Waals surface area contributed by atoms with E-state index in [1.54, 1.807) is 4.68 Å². The Kier molecular flexibility index (Phi) is 4.54. The minimum Gasteiger partial charge on any atom is -0.374 e. The summed E-state index contributed by atoms with van der Waals surface area (Å²) < 4.78 is 7.37. The van der Waals surface area contributed by atoms with Gasteiger partial charge in [0.25, 0.3) is 0 Å². The van der Waals surface area contributed by atoms with Crippen LogP contribution in [0.2, 0.25) is 0 Å². The molecule has 0 N–H and O–H groups in total. The van der Waals surface area contributed by atoms with Crippen molar-refractivity contribution in [2.45, 2.75) is 39.3 Å². The summed E-state index contributed by atoms with van der Waals surface area (Å²) in [6.45, 7) is 7.48. The molecule has 0 fully saturated rings. The molecule has 0 spiro atoms. The molecule has 1 aromatic rings. The topological polar surface area (TPSA) is 39.9 Å². The number of hydrogen-bond donors (Lipinski definition) is 0. The van der Waals surface area contributed by atoms with Crippen LogP contribution in [0, 0.1) is 0 Å². The first-order chi connectivity index (χ1) is 7.01. The number of hydrogen-bond acceptors (Lipinski definition) is 3. The number of aryl methyl sites for hydroxylation is 1. The second-order valence-corrected chi connectivity index (χ2v) is 4.75. The predicted molar refractivity (Wildman–Crippen MR) is 60.2 cm³/mol. The summed E-state index contributed by atoms with van der Waals surface area (Å²) in [7, 11) is 0. The molecule has 0 bridgehead atoms. The molecule has 0 saturated heterocycles. The molecular formula is C10H18ClN3O. The van der Waals surface area contributed by atoms with Gasteiger partial charge in [-0.15, -0.1) is 16.7 Å². The molecule has 0 saturated carbocycles. The molecule has 0 unspecified atom stereocenters. The van der Waals surface area contributed by atoms with Gasteiger partial charge in [-0.25, -0.2) is 4.68 Å². The maximum Gasteiger partial charge on any atom is 0.0839 e. The third-order valence-electron chi connectivity index (χ3n) is 1.79. The fourth-order valence-electron chi connectivity index (χ4n) is 1.10. The summed E-state index contributed by atoms with van der Waals surface area (Å²) in [4.78, 5) is 0. The van der Waals surface area contributed by atoms with Gasteiger partial charge in [-0.3, -0.25) is 0 Å². The van der Waals surface area contributed by atoms with E-state index >= 15 is 0 Å². The summed E-state index contributed by atoms with van der Waals surface area (Å²) in [6.07, 6.45) is 2.68. The molecule has 0 aliphatic heterocycles. The molecule has 0 aromatic carbocycles. The van der Waals surface area contributed by atoms with Crippen LogP contribution in [0.5, 0.6) is 0 Å². The molecule has 0 aliphatic rings. The Bertz CT molecular complexity index is 293. The van der Waals surface area contributed by atoms with Gasteiger partial charge in [-0.2, -0.15) is 0 Å². The van der Waals surface area contributed by atoms with Crippen LogP contribution < -0.4 is 0 Å². The second kappa shape index (κ2) is 5.47. The standard InChI is InChI=1S/C10H18ClN3O/c1-10(2,3)15-7-6-14-8-9(4-5-11)12-13-14/h8H,4-7H2,1-3H3. The molecule has 0 atom stereocenters. The molecule has 4 nitrogen and oxygen atoms in total. The van der Waals surface area contributed by atoms with Crippen molar-refractivity contribution in [1.29, 1.82) is 0 Å². The quantitative estimate of drug-likeness (QED) is 0.727. The van der Waals surface area contributed by atoms with E-state index in [9.17, 15) is 0 Å². The maximum atomic E-state index is 5.61. The number of alkyl halides is 1. The maximum absolute atomic E-state index is 5.61. The van der Waals surface area contributed by atoms with Crippen LogP contribution in [0.15, 0.2) is 6.20 Å². The Balaban J connectivity index is 2.31. The number of aromatic nitrogens is 3. The van der Waals surface area contributed by atoms with E-state index in [4.69, 9.17) is 16.3 Å². The van der Waals surface area contributed by atoms with Crippen molar-refractivity contribution in [3.05, 3.63) is 11.9 Å². The third-order valence-corrected chi connectivity index (χ3v) is 1.98. The van der Waals surface area contributed by atoms with Crippen molar-refractivity contribution in [3.63, 3.8) is 0 Å². The minimum absolute atomic E-state index is 0.0977. The van der Waals surface area contributed by atoms with E-state index in [1.165, 1.54) is 0 Å². The fraction of sp³-hybridized carbons (Fsp3) is 0.800. The first-order valence-electron chi connectivity index (χ1n) is 5.10. The van der Waals surface area contributed by atoms with E-state index < -0.39 is 0 Å². The number of rotatable bonds is 5. The van der Waals surface area contributed by atoms with Gasteiger partial charge in [0.05, 0.1) is 24.4 Å². The van der Waals surface area contributed by atoms with Gasteiger partial charge >= 0.3 is 0 Å². The predicted octanol–water partition coefficient (Wildman–Crippen LogP) is 1.87. The normalized spacial score (nSPS) is 12.0. The van der Waals surface area contributed by atoms with Gasteiger partial charge in [0.1, 0.15) is 0 Å². The van der Waals surface area contributed by atoms with Crippen molar-refractivity contribution in [1.82, 2.24) is 15.0 Å². The zero-order chi connectivity index (χ0) is 11.3. The fourth-order valence-corrected chi connectivity index (χ4v) is 1.30. The summed E-state index contributed by atoms with van der Waals surface area (Å²) >= 11 is 5.61. The van der Waals surface area contributed by atoms with Crippen LogP contribution in [0.1, 0.15) is 26.5 Å². The van der Waals surface area contributed by atoms with E-state index in [0.717, 1.165) is 18.7 Å². The van der Waals surface area contributed by atoms with E-state index in [0.29, 0.717) is 12.5 Å². The minimum atomic E-state index is -0.0977. The summed E-state index contributed by atoms with van der Waals surface area (Å²) in [5, 5.41) is 7.98. The van der Waals surface area contributed by atoms with Crippen LogP contribution in [-0.4, -0.2) is 33.1 Å². The van der Waals surface area contributed by atoms with Crippen LogP contribution >= 0.6 is 11.6 Å². The van der Waals surface area contributed by atoms with Crippen LogP contribution in [0.25, 0.3) is 0 Å². The number of nitrogens with zero attached hydrogens (tertiary/aromatic N) is 3. The largest absolute Gasteiger partial charge is 0.374 e. The molecule has 15 heavy (non-hydrogen) atoms. The van der Waals surface area contributed by atoms with Crippen molar-refractivity contribution in [2.24, 2.45) is 0 Å². The van der Waals surface area contributed by atoms with Crippen molar-refractivity contribution < 1.29 is 4.74 Å². The second-order valence-electron chi connectivity index (χ2n) is 4.37. The molecule has 0 amide bonds. The van der Waals surface area contributed by atoms with Crippen LogP contribution in [0.3, 0.4) is 0 Å². The lowest BCUT2D eigenvalue weighted by atomic mass is 10.2. The van der Waals surface area contributed by atoms with E-state index in [-0.39, 0.29) is 5.60 Å². The van der Waals surface area contributed by atoms with Gasteiger partial charge in [0.2, 0.25) is 0 Å². The Hall–Kier alpha value is -0.610. The number of halogens is 1. The molecule has 5 heteroatoms. The third kappa shape index (κ3) is 5.14. The lowest BCUT2D eigenvalue weighted by Gasteiger charge is -2.19. The Morgan fingerprint density at radius 2 is 2.20 bits per heavy atom. The number of ether oxygens (including phenoxy) is 1. The Morgan fingerprint density at radius 3 is 2.80 bits per heavy atom. The zero-order valence-electron chi connectivity index (χ0n) is 9.53. The van der Waals surface area contributed by atoms with Crippen molar-refractivity contribution >= 4 is 11.6 Å². The first-order valence-corrected chi connectivity index (χ1v) is 5.63.